The van der Waals surface area contributed by atoms with E-state index >= 15 is 0 Å². The molecule has 31 heavy (non-hydrogen) atoms. The van der Waals surface area contributed by atoms with Crippen molar-refractivity contribution in [3.8, 4) is 0 Å². The molecule has 0 amide bonds. The van der Waals surface area contributed by atoms with Gasteiger partial charge in [-0.3, -0.25) is 18.6 Å². The van der Waals surface area contributed by atoms with Crippen LogP contribution in [0.2, 0.25) is 0 Å². The number of rotatable bonds is 3. The first-order valence-electron chi connectivity index (χ1n) is 9.43. The highest BCUT2D eigenvalue weighted by molar-refractivity contribution is 6.02. The van der Waals surface area contributed by atoms with E-state index in [0.717, 1.165) is 5.56 Å². The number of hydrogen-bond donors (Lipinski definition) is 1. The monoisotopic (exact) mass is 416 g/mol. The lowest BCUT2D eigenvalue weighted by molar-refractivity contribution is 0.0455. The number of aromatic nitrogens is 6. The van der Waals surface area contributed by atoms with Gasteiger partial charge in [-0.25, -0.2) is 9.89 Å². The van der Waals surface area contributed by atoms with Crippen molar-refractivity contribution in [2.45, 2.75) is 13.5 Å². The molecule has 0 saturated carbocycles. The summed E-state index contributed by atoms with van der Waals surface area (Å²) in [5.74, 6) is -0.0317. The predicted molar refractivity (Wildman–Crippen MR) is 112 cm³/mol. The Balaban J connectivity index is 1.56. The van der Waals surface area contributed by atoms with Crippen LogP contribution in [0.3, 0.4) is 0 Å². The molecule has 0 spiro atoms. The number of hydrogen-bond acceptors (Lipinski definition) is 7. The molecule has 0 aliphatic heterocycles. The molecule has 154 valence electrons. The third-order valence-corrected chi connectivity index (χ3v) is 5.16. The van der Waals surface area contributed by atoms with Gasteiger partial charge in [-0.1, -0.05) is 29.8 Å². The Labute approximate surface area is 173 Å². The number of nitrogens with one attached hydrogen (secondary N) is 1. The first-order chi connectivity index (χ1) is 15.0. The van der Waals surface area contributed by atoms with E-state index in [0.29, 0.717) is 33.3 Å². The second-order valence-electron chi connectivity index (χ2n) is 7.16. The van der Waals surface area contributed by atoms with E-state index in [4.69, 9.17) is 4.74 Å². The summed E-state index contributed by atoms with van der Waals surface area (Å²) < 4.78 is 8.52. The number of benzene rings is 2. The third kappa shape index (κ3) is 2.88. The van der Waals surface area contributed by atoms with Gasteiger partial charge < -0.3 is 4.74 Å². The Morgan fingerprint density at radius 3 is 2.65 bits per heavy atom. The number of aryl methyl sites for hydroxylation is 2. The molecule has 2 aromatic carbocycles. The molecule has 5 rings (SSSR count). The Hall–Kier alpha value is -4.34. The Morgan fingerprint density at radius 1 is 1.06 bits per heavy atom. The average Bonchev–Trinajstić information content (AvgIpc) is 3.20. The zero-order valence-electron chi connectivity index (χ0n) is 16.6. The van der Waals surface area contributed by atoms with Crippen molar-refractivity contribution in [2.75, 3.05) is 0 Å². The number of nitrogens with zero attached hydrogens (tertiary/aromatic N) is 5. The van der Waals surface area contributed by atoms with Crippen LogP contribution in [-0.4, -0.2) is 35.3 Å². The van der Waals surface area contributed by atoms with E-state index in [2.05, 4.69) is 20.4 Å². The van der Waals surface area contributed by atoms with Gasteiger partial charge in [0.2, 0.25) is 5.78 Å². The Bertz CT molecular complexity index is 1630. The summed E-state index contributed by atoms with van der Waals surface area (Å²) in [6, 6.07) is 12.1. The SMILES string of the molecule is Cc1ccc2c(c1)c(=O)n(C)c1nnc(COC(=O)c3n[nH]c(=O)c4ccccc34)n21. The molecule has 0 saturated heterocycles. The van der Waals surface area contributed by atoms with E-state index in [9.17, 15) is 14.4 Å². The standard InChI is InChI=1S/C21H16N6O4/c1-11-7-8-15-14(9-11)19(29)26(2)21-25-22-16(27(15)21)10-31-20(30)17-12-5-3-4-6-13(12)18(28)24-23-17/h3-9H,10H2,1-2H3,(H,24,28). The highest BCUT2D eigenvalue weighted by Gasteiger charge is 2.19. The lowest BCUT2D eigenvalue weighted by Gasteiger charge is -2.09. The highest BCUT2D eigenvalue weighted by atomic mass is 16.5. The van der Waals surface area contributed by atoms with Crippen LogP contribution in [0, 0.1) is 6.92 Å². The fourth-order valence-electron chi connectivity index (χ4n) is 3.62. The maximum atomic E-state index is 12.7. The van der Waals surface area contributed by atoms with Gasteiger partial charge in [0.25, 0.3) is 11.1 Å². The summed E-state index contributed by atoms with van der Waals surface area (Å²) in [5, 5.41) is 15.6. The minimum atomic E-state index is -0.714. The van der Waals surface area contributed by atoms with E-state index in [1.807, 2.05) is 19.1 Å². The summed E-state index contributed by atoms with van der Waals surface area (Å²) in [5.41, 5.74) is 0.981. The third-order valence-electron chi connectivity index (χ3n) is 5.16. The van der Waals surface area contributed by atoms with Gasteiger partial charge >= 0.3 is 5.97 Å². The minimum Gasteiger partial charge on any atom is -0.453 e. The van der Waals surface area contributed by atoms with Crippen molar-refractivity contribution < 1.29 is 9.53 Å². The van der Waals surface area contributed by atoms with E-state index in [-0.39, 0.29) is 17.9 Å². The number of H-pyrrole nitrogens is 1. The number of esters is 1. The molecular formula is C21H16N6O4. The fourth-order valence-corrected chi connectivity index (χ4v) is 3.62. The topological polar surface area (TPSA) is 124 Å². The minimum absolute atomic E-state index is 0.00287. The first kappa shape index (κ1) is 18.7. The Morgan fingerprint density at radius 2 is 1.84 bits per heavy atom. The van der Waals surface area contributed by atoms with Crippen LogP contribution in [-0.2, 0) is 18.4 Å². The molecule has 3 heterocycles. The number of carbonyl (C=O) groups excluding carboxylic acids is 1. The lowest BCUT2D eigenvalue weighted by atomic mass is 10.1. The summed E-state index contributed by atoms with van der Waals surface area (Å²) in [7, 11) is 1.61. The molecule has 10 heteroatoms. The van der Waals surface area contributed by atoms with Crippen molar-refractivity contribution in [3.05, 3.63) is 80.3 Å². The van der Waals surface area contributed by atoms with Crippen LogP contribution in [0.15, 0.2) is 52.1 Å². The zero-order chi connectivity index (χ0) is 21.7. The predicted octanol–water partition coefficient (Wildman–Crippen LogP) is 1.48. The summed E-state index contributed by atoms with van der Waals surface area (Å²) >= 11 is 0. The molecule has 1 N–H and O–H groups in total. The maximum absolute atomic E-state index is 12.7. The average molecular weight is 416 g/mol. The molecule has 0 atom stereocenters. The quantitative estimate of drug-likeness (QED) is 0.442. The van der Waals surface area contributed by atoms with Crippen molar-refractivity contribution in [2.24, 2.45) is 7.05 Å². The molecule has 5 aromatic rings. The maximum Gasteiger partial charge on any atom is 0.359 e. The van der Waals surface area contributed by atoms with Gasteiger partial charge in [-0.05, 0) is 25.1 Å². The number of fused-ring (bicyclic) bond motifs is 4. The van der Waals surface area contributed by atoms with Crippen molar-refractivity contribution in [3.63, 3.8) is 0 Å². The van der Waals surface area contributed by atoms with Gasteiger partial charge in [0, 0.05) is 12.4 Å². The van der Waals surface area contributed by atoms with Gasteiger partial charge in [0.15, 0.2) is 18.1 Å². The van der Waals surface area contributed by atoms with E-state index in [1.54, 1.807) is 41.8 Å². The Kier molecular flexibility index (Phi) is 4.14. The van der Waals surface area contributed by atoms with Crippen LogP contribution >= 0.6 is 0 Å². The van der Waals surface area contributed by atoms with Crippen molar-refractivity contribution >= 4 is 33.4 Å². The molecule has 0 radical (unpaired) electrons. The summed E-state index contributed by atoms with van der Waals surface area (Å²) in [6.07, 6.45) is 0. The molecule has 0 unspecified atom stereocenters. The first-order valence-corrected chi connectivity index (χ1v) is 9.43. The second-order valence-corrected chi connectivity index (χ2v) is 7.16. The smallest absolute Gasteiger partial charge is 0.359 e. The van der Waals surface area contributed by atoms with Crippen LogP contribution < -0.4 is 11.1 Å². The van der Waals surface area contributed by atoms with Gasteiger partial charge in [0.1, 0.15) is 0 Å². The normalized spacial score (nSPS) is 11.4. The van der Waals surface area contributed by atoms with Gasteiger partial charge in [0.05, 0.1) is 16.3 Å². The number of ether oxygens (including phenoxy) is 1. The van der Waals surface area contributed by atoms with Crippen LogP contribution in [0.5, 0.6) is 0 Å². The van der Waals surface area contributed by atoms with Crippen LogP contribution in [0.1, 0.15) is 21.9 Å². The molecule has 10 nitrogen and oxygen atoms in total. The fraction of sp³-hybridized carbons (Fsp3) is 0.143. The number of carbonyl (C=O) groups is 1. The summed E-state index contributed by atoms with van der Waals surface area (Å²) in [4.78, 5) is 37.3. The molecule has 0 aliphatic rings. The van der Waals surface area contributed by atoms with E-state index < -0.39 is 11.5 Å². The van der Waals surface area contributed by atoms with Crippen molar-refractivity contribution in [1.82, 2.24) is 29.4 Å². The second kappa shape index (κ2) is 6.87. The molecule has 0 fully saturated rings. The van der Waals surface area contributed by atoms with E-state index in [1.165, 1.54) is 4.57 Å². The molecular weight excluding hydrogens is 400 g/mol. The van der Waals surface area contributed by atoms with Crippen LogP contribution in [0.4, 0.5) is 0 Å². The lowest BCUT2D eigenvalue weighted by Crippen LogP contribution is -2.21. The van der Waals surface area contributed by atoms with Gasteiger partial charge in [-0.15, -0.1) is 10.2 Å². The molecule has 3 aromatic heterocycles. The molecule has 0 bridgehead atoms. The number of aromatic amines is 1. The van der Waals surface area contributed by atoms with Crippen LogP contribution in [0.25, 0.3) is 27.5 Å². The zero-order valence-corrected chi connectivity index (χ0v) is 16.6. The van der Waals surface area contributed by atoms with Gasteiger partial charge in [-0.2, -0.15) is 5.10 Å². The van der Waals surface area contributed by atoms with Crippen molar-refractivity contribution in [1.29, 1.82) is 0 Å². The molecule has 0 aliphatic carbocycles. The highest BCUT2D eigenvalue weighted by Crippen LogP contribution is 2.17. The largest absolute Gasteiger partial charge is 0.453 e. The summed E-state index contributed by atoms with van der Waals surface area (Å²) in [6.45, 7) is 1.70.